The Hall–Kier alpha value is -2.00. The van der Waals surface area contributed by atoms with E-state index in [2.05, 4.69) is 104 Å². The predicted molar refractivity (Wildman–Crippen MR) is 142 cm³/mol. The number of amides is 1. The number of pyridine rings is 1. The molecular formula is C26H20I2N2O. The van der Waals surface area contributed by atoms with E-state index in [0.29, 0.717) is 0 Å². The molecule has 1 aromatic heterocycles. The summed E-state index contributed by atoms with van der Waals surface area (Å²) in [7, 11) is 0. The normalized spacial score (nSPS) is 20.3. The summed E-state index contributed by atoms with van der Waals surface area (Å²) in [6, 6.07) is 27.0. The van der Waals surface area contributed by atoms with Gasteiger partial charge in [-0.1, -0.05) is 42.5 Å². The Morgan fingerprint density at radius 3 is 2.00 bits per heavy atom. The number of halogens is 2. The third-order valence-electron chi connectivity index (χ3n) is 6.16. The van der Waals surface area contributed by atoms with E-state index in [0.717, 1.165) is 23.0 Å². The first kappa shape index (κ1) is 20.9. The van der Waals surface area contributed by atoms with Crippen molar-refractivity contribution >= 4 is 67.7 Å². The molecule has 5 heteroatoms. The average Bonchev–Trinajstić information content (AvgIpc) is 2.76. The number of nitrogens with zero attached hydrogens (tertiary/aromatic N) is 1. The van der Waals surface area contributed by atoms with Crippen LogP contribution < -0.4 is 5.32 Å². The summed E-state index contributed by atoms with van der Waals surface area (Å²) in [6.07, 6.45) is 2.75. The van der Waals surface area contributed by atoms with E-state index in [9.17, 15) is 4.79 Å². The zero-order valence-electron chi connectivity index (χ0n) is 16.6. The van der Waals surface area contributed by atoms with Crippen molar-refractivity contribution in [2.45, 2.75) is 18.3 Å². The van der Waals surface area contributed by atoms with E-state index in [4.69, 9.17) is 0 Å². The molecule has 1 amide bonds. The fraction of sp³-hybridized carbons (Fsp3) is 0.154. The van der Waals surface area contributed by atoms with Crippen molar-refractivity contribution in [2.75, 3.05) is 5.32 Å². The van der Waals surface area contributed by atoms with Crippen LogP contribution in [0.3, 0.4) is 0 Å². The molecule has 1 N–H and O–H groups in total. The molecular weight excluding hydrogens is 610 g/mol. The van der Waals surface area contributed by atoms with Crippen LogP contribution in [0, 0.1) is 13.1 Å². The second-order valence-corrected chi connectivity index (χ2v) is 10.4. The van der Waals surface area contributed by atoms with Crippen LogP contribution in [0.25, 0.3) is 10.9 Å². The van der Waals surface area contributed by atoms with E-state index in [1.807, 2.05) is 30.3 Å². The summed E-state index contributed by atoms with van der Waals surface area (Å²) in [5.74, 6) is 0.379. The highest BCUT2D eigenvalue weighted by atomic mass is 127. The number of hydrogen-bond donors (Lipinski definition) is 1. The molecule has 1 saturated carbocycles. The van der Waals surface area contributed by atoms with Crippen LogP contribution in [0.15, 0.2) is 85.1 Å². The van der Waals surface area contributed by atoms with Gasteiger partial charge in [-0.25, -0.2) is 0 Å². The number of carbonyl (C=O) groups excluding carboxylic acids is 1. The molecule has 4 aromatic rings. The topological polar surface area (TPSA) is 42.0 Å². The van der Waals surface area contributed by atoms with E-state index in [-0.39, 0.29) is 23.7 Å². The summed E-state index contributed by atoms with van der Waals surface area (Å²) in [5.41, 5.74) is 4.07. The summed E-state index contributed by atoms with van der Waals surface area (Å²) in [6.45, 7) is 0. The second-order valence-electron chi connectivity index (χ2n) is 7.95. The van der Waals surface area contributed by atoms with Gasteiger partial charge >= 0.3 is 0 Å². The molecule has 0 spiro atoms. The molecule has 2 atom stereocenters. The van der Waals surface area contributed by atoms with Gasteiger partial charge in [-0.05, 0) is 111 Å². The van der Waals surface area contributed by atoms with Gasteiger partial charge in [0.05, 0.1) is 17.1 Å². The Morgan fingerprint density at radius 2 is 1.39 bits per heavy atom. The monoisotopic (exact) mass is 630 g/mol. The van der Waals surface area contributed by atoms with Crippen LogP contribution in [0.5, 0.6) is 0 Å². The number of carbonyl (C=O) groups is 1. The van der Waals surface area contributed by atoms with Crippen LogP contribution in [0.1, 0.15) is 29.4 Å². The maximum Gasteiger partial charge on any atom is 0.228 e. The molecule has 0 bridgehead atoms. The number of anilines is 1. The number of nitrogens with one attached hydrogen (secondary N) is 1. The second kappa shape index (κ2) is 8.86. The maximum absolute atomic E-state index is 13.6. The Kier molecular flexibility index (Phi) is 5.97. The van der Waals surface area contributed by atoms with E-state index < -0.39 is 0 Å². The lowest BCUT2D eigenvalue weighted by molar-refractivity contribution is -0.124. The minimum atomic E-state index is -0.112. The minimum absolute atomic E-state index is 0.0662. The molecule has 154 valence electrons. The molecule has 0 saturated heterocycles. The number of fused-ring (bicyclic) bond motifs is 1. The molecule has 0 aliphatic heterocycles. The third kappa shape index (κ3) is 4.22. The molecule has 3 nitrogen and oxygen atoms in total. The first-order valence-corrected chi connectivity index (χ1v) is 12.4. The van der Waals surface area contributed by atoms with Gasteiger partial charge in [-0.3, -0.25) is 9.78 Å². The van der Waals surface area contributed by atoms with Crippen molar-refractivity contribution in [3.8, 4) is 0 Å². The fourth-order valence-corrected chi connectivity index (χ4v) is 5.26. The minimum Gasteiger partial charge on any atom is -0.324 e. The smallest absolute Gasteiger partial charge is 0.228 e. The molecule has 3 aromatic carbocycles. The largest absolute Gasteiger partial charge is 0.324 e. The highest BCUT2D eigenvalue weighted by molar-refractivity contribution is 14.1. The number of para-hydroxylation sites is 1. The molecule has 31 heavy (non-hydrogen) atoms. The van der Waals surface area contributed by atoms with Crippen molar-refractivity contribution in [3.63, 3.8) is 0 Å². The molecule has 2 unspecified atom stereocenters. The standard InChI is InChI=1S/C26H20I2N2O/c27-19-10-6-16(7-11-19)21-15-22(17-8-12-20(28)13-9-17)24(21)26(31)30-23-5-1-3-18-4-2-14-29-25(18)23/h1-14,21-22,24H,15H2,(H,30,31). The summed E-state index contributed by atoms with van der Waals surface area (Å²) < 4.78 is 2.41. The van der Waals surface area contributed by atoms with Gasteiger partial charge in [-0.2, -0.15) is 0 Å². The van der Waals surface area contributed by atoms with Gasteiger partial charge in [-0.15, -0.1) is 0 Å². The molecule has 1 aliphatic carbocycles. The van der Waals surface area contributed by atoms with Crippen molar-refractivity contribution in [2.24, 2.45) is 5.92 Å². The van der Waals surface area contributed by atoms with Crippen molar-refractivity contribution in [1.29, 1.82) is 0 Å². The Morgan fingerprint density at radius 1 is 0.806 bits per heavy atom. The van der Waals surface area contributed by atoms with Crippen LogP contribution in [0.2, 0.25) is 0 Å². The Labute approximate surface area is 209 Å². The van der Waals surface area contributed by atoms with Gasteiger partial charge in [0, 0.05) is 18.7 Å². The van der Waals surface area contributed by atoms with E-state index >= 15 is 0 Å². The summed E-state index contributed by atoms with van der Waals surface area (Å²) in [5, 5.41) is 4.23. The molecule has 1 fully saturated rings. The molecule has 1 aliphatic rings. The van der Waals surface area contributed by atoms with Gasteiger partial charge in [0.25, 0.3) is 0 Å². The first-order valence-electron chi connectivity index (χ1n) is 10.3. The zero-order valence-corrected chi connectivity index (χ0v) is 20.9. The lowest BCUT2D eigenvalue weighted by Crippen LogP contribution is -2.42. The van der Waals surface area contributed by atoms with Crippen LogP contribution >= 0.6 is 45.2 Å². The van der Waals surface area contributed by atoms with Crippen molar-refractivity contribution in [3.05, 3.63) is 103 Å². The van der Waals surface area contributed by atoms with Crippen LogP contribution in [0.4, 0.5) is 5.69 Å². The summed E-state index contributed by atoms with van der Waals surface area (Å²) in [4.78, 5) is 18.1. The quantitative estimate of drug-likeness (QED) is 0.248. The lowest BCUT2D eigenvalue weighted by Gasteiger charge is -2.44. The number of rotatable bonds is 4. The first-order chi connectivity index (χ1) is 15.1. The number of benzene rings is 3. The fourth-order valence-electron chi connectivity index (χ4n) is 4.54. The zero-order chi connectivity index (χ0) is 21.4. The van der Waals surface area contributed by atoms with Crippen molar-refractivity contribution in [1.82, 2.24) is 4.98 Å². The molecule has 0 radical (unpaired) electrons. The Bertz CT molecular complexity index is 1180. The SMILES string of the molecule is O=C(Nc1cccc2cccnc12)C1C(c2ccc(I)cc2)CC1c1ccc(I)cc1. The average molecular weight is 630 g/mol. The lowest BCUT2D eigenvalue weighted by atomic mass is 9.59. The Balaban J connectivity index is 1.48. The number of hydrogen-bond acceptors (Lipinski definition) is 2. The number of aromatic nitrogens is 1. The predicted octanol–water partition coefficient (Wildman–Crippen LogP) is 6.97. The van der Waals surface area contributed by atoms with Crippen LogP contribution in [-0.2, 0) is 4.79 Å². The summed E-state index contributed by atoms with van der Waals surface area (Å²) >= 11 is 4.64. The highest BCUT2D eigenvalue weighted by Crippen LogP contribution is 2.53. The maximum atomic E-state index is 13.6. The van der Waals surface area contributed by atoms with E-state index in [1.165, 1.54) is 18.3 Å². The van der Waals surface area contributed by atoms with Gasteiger partial charge in [0.2, 0.25) is 5.91 Å². The molecule has 5 rings (SSSR count). The van der Waals surface area contributed by atoms with Gasteiger partial charge < -0.3 is 5.32 Å². The van der Waals surface area contributed by atoms with Gasteiger partial charge in [0.15, 0.2) is 0 Å². The third-order valence-corrected chi connectivity index (χ3v) is 7.60. The van der Waals surface area contributed by atoms with Gasteiger partial charge in [0.1, 0.15) is 0 Å². The van der Waals surface area contributed by atoms with Crippen LogP contribution in [-0.4, -0.2) is 10.9 Å². The van der Waals surface area contributed by atoms with E-state index in [1.54, 1.807) is 6.20 Å². The van der Waals surface area contributed by atoms with Crippen molar-refractivity contribution < 1.29 is 4.79 Å². The highest BCUT2D eigenvalue weighted by Gasteiger charge is 2.47. The molecule has 1 heterocycles.